The summed E-state index contributed by atoms with van der Waals surface area (Å²) in [5, 5.41) is 2.94. The zero-order valence-corrected chi connectivity index (χ0v) is 24.6. The molecule has 1 heterocycles. The van der Waals surface area contributed by atoms with Crippen molar-refractivity contribution in [3.8, 4) is 17.1 Å². The first-order valence-corrected chi connectivity index (χ1v) is 15.5. The largest absolute Gasteiger partial charge is 0.497 e. The minimum absolute atomic E-state index is 0.0421. The summed E-state index contributed by atoms with van der Waals surface area (Å²) < 4.78 is 31.8. The van der Waals surface area contributed by atoms with Crippen LogP contribution in [0.2, 0.25) is 0 Å². The molecular formula is C33H35N3O4S. The molecule has 1 N–H and O–H groups in total. The van der Waals surface area contributed by atoms with Crippen molar-refractivity contribution >= 4 is 32.5 Å². The lowest BCUT2D eigenvalue weighted by molar-refractivity contribution is -0.115. The molecule has 0 bridgehead atoms. The highest BCUT2D eigenvalue weighted by Gasteiger charge is 2.21. The van der Waals surface area contributed by atoms with Crippen LogP contribution >= 0.6 is 0 Å². The number of anilines is 1. The zero-order chi connectivity index (χ0) is 29.1. The van der Waals surface area contributed by atoms with E-state index in [4.69, 9.17) is 9.72 Å². The quantitative estimate of drug-likeness (QED) is 0.240. The number of rotatable bonds is 9. The van der Waals surface area contributed by atoms with Crippen LogP contribution < -0.4 is 10.1 Å². The Balaban J connectivity index is 1.38. The van der Waals surface area contributed by atoms with Gasteiger partial charge in [-0.25, -0.2) is 13.4 Å². The van der Waals surface area contributed by atoms with Crippen LogP contribution in [-0.2, 0) is 21.1 Å². The van der Waals surface area contributed by atoms with Crippen LogP contribution in [0, 0.1) is 5.92 Å². The Kier molecular flexibility index (Phi) is 8.13. The third kappa shape index (κ3) is 6.12. The van der Waals surface area contributed by atoms with E-state index in [1.54, 1.807) is 38.3 Å². The Morgan fingerprint density at radius 3 is 2.46 bits per heavy atom. The number of imidazole rings is 1. The molecule has 1 unspecified atom stereocenters. The van der Waals surface area contributed by atoms with E-state index in [-0.39, 0.29) is 29.0 Å². The van der Waals surface area contributed by atoms with E-state index < -0.39 is 9.84 Å². The van der Waals surface area contributed by atoms with Gasteiger partial charge in [0, 0.05) is 17.3 Å². The smallest absolute Gasteiger partial charge is 0.228 e. The number of sulfone groups is 1. The summed E-state index contributed by atoms with van der Waals surface area (Å²) in [7, 11) is -1.60. The van der Waals surface area contributed by atoms with Gasteiger partial charge >= 0.3 is 0 Å². The van der Waals surface area contributed by atoms with Gasteiger partial charge < -0.3 is 14.6 Å². The van der Waals surface area contributed by atoms with Crippen LogP contribution in [0.25, 0.3) is 22.4 Å². The van der Waals surface area contributed by atoms with Crippen molar-refractivity contribution < 1.29 is 17.9 Å². The van der Waals surface area contributed by atoms with Gasteiger partial charge in [-0.2, -0.15) is 0 Å². The molecule has 0 fully saturated rings. The molecule has 1 aromatic heterocycles. The number of ether oxygens (including phenoxy) is 1. The van der Waals surface area contributed by atoms with Gasteiger partial charge in [0.15, 0.2) is 9.84 Å². The third-order valence-electron chi connectivity index (χ3n) is 7.56. The van der Waals surface area contributed by atoms with E-state index >= 15 is 0 Å². The Morgan fingerprint density at radius 2 is 1.83 bits per heavy atom. The number of amides is 1. The number of hydrogen-bond donors (Lipinski definition) is 1. The summed E-state index contributed by atoms with van der Waals surface area (Å²) in [5.41, 5.74) is 5.48. The Hall–Kier alpha value is -4.17. The first-order valence-electron chi connectivity index (χ1n) is 13.8. The Morgan fingerprint density at radius 1 is 1.10 bits per heavy atom. The van der Waals surface area contributed by atoms with E-state index in [9.17, 15) is 13.2 Å². The maximum absolute atomic E-state index is 12.7. The molecule has 41 heavy (non-hydrogen) atoms. The highest BCUT2D eigenvalue weighted by Crippen LogP contribution is 2.35. The highest BCUT2D eigenvalue weighted by atomic mass is 32.2. The summed E-state index contributed by atoms with van der Waals surface area (Å²) in [5.74, 6) is 2.01. The number of aromatic nitrogens is 2. The van der Waals surface area contributed by atoms with Gasteiger partial charge in [0.2, 0.25) is 5.91 Å². The number of methoxy groups -OCH3 is 1. The monoisotopic (exact) mass is 569 g/mol. The van der Waals surface area contributed by atoms with Gasteiger partial charge in [-0.15, -0.1) is 0 Å². The molecule has 8 heteroatoms. The summed E-state index contributed by atoms with van der Waals surface area (Å²) in [4.78, 5) is 18.0. The SMILES string of the molecule is CCS(=O)(=O)c1ccc(CC(=O)Nc2ccc(-c3nc4ccc(OC)cc4n3[C@H](C)C3=CCC(C)C=C3)cc2)cc1. The summed E-state index contributed by atoms with van der Waals surface area (Å²) >= 11 is 0. The summed E-state index contributed by atoms with van der Waals surface area (Å²) in [6.07, 6.45) is 7.93. The first-order chi connectivity index (χ1) is 19.7. The molecule has 3 aromatic carbocycles. The number of fused-ring (bicyclic) bond motifs is 1. The number of nitrogens with zero attached hydrogens (tertiary/aromatic N) is 2. The molecule has 2 atom stereocenters. The molecule has 5 rings (SSSR count). The lowest BCUT2D eigenvalue weighted by Crippen LogP contribution is -2.14. The molecule has 1 aliphatic rings. The van der Waals surface area contributed by atoms with Gasteiger partial charge in [0.05, 0.1) is 41.3 Å². The van der Waals surface area contributed by atoms with Crippen LogP contribution in [-0.4, -0.2) is 36.7 Å². The molecule has 0 saturated carbocycles. The van der Waals surface area contributed by atoms with Gasteiger partial charge in [0.25, 0.3) is 0 Å². The average Bonchev–Trinajstić information content (AvgIpc) is 3.36. The van der Waals surface area contributed by atoms with Crippen molar-refractivity contribution in [2.24, 2.45) is 5.92 Å². The molecule has 1 aliphatic carbocycles. The van der Waals surface area contributed by atoms with Crippen molar-refractivity contribution in [2.75, 3.05) is 18.2 Å². The second kappa shape index (κ2) is 11.7. The molecule has 212 valence electrons. The van der Waals surface area contributed by atoms with Crippen molar-refractivity contribution in [1.82, 2.24) is 9.55 Å². The maximum atomic E-state index is 12.7. The van der Waals surface area contributed by atoms with E-state index in [2.05, 4.69) is 42.0 Å². The molecule has 0 radical (unpaired) electrons. The standard InChI is InChI=1S/C33H35N3O4S/c1-5-41(38,39)29-17-8-24(9-18-29)20-32(37)34-27-14-12-26(13-15-27)33-35-30-19-16-28(40-4)21-31(30)36(33)23(3)25-10-6-22(2)7-11-25/h6,8-19,21-23H,5,7,20H2,1-4H3,(H,34,37)/t22?,23-/m1/s1. The number of hydrogen-bond acceptors (Lipinski definition) is 5. The predicted octanol–water partition coefficient (Wildman–Crippen LogP) is 6.77. The summed E-state index contributed by atoms with van der Waals surface area (Å²) in [6.45, 7) is 6.02. The van der Waals surface area contributed by atoms with Crippen molar-refractivity contribution in [3.63, 3.8) is 0 Å². The average molecular weight is 570 g/mol. The van der Waals surface area contributed by atoms with E-state index in [0.717, 1.165) is 40.2 Å². The minimum Gasteiger partial charge on any atom is -0.497 e. The van der Waals surface area contributed by atoms with Crippen molar-refractivity contribution in [1.29, 1.82) is 0 Å². The fourth-order valence-corrected chi connectivity index (χ4v) is 5.96. The topological polar surface area (TPSA) is 90.3 Å². The van der Waals surface area contributed by atoms with Crippen molar-refractivity contribution in [2.45, 2.75) is 44.6 Å². The lowest BCUT2D eigenvalue weighted by atomic mass is 9.94. The number of allylic oxidation sites excluding steroid dienone is 4. The van der Waals surface area contributed by atoms with Gasteiger partial charge in [-0.1, -0.05) is 44.2 Å². The summed E-state index contributed by atoms with van der Waals surface area (Å²) in [6, 6.07) is 20.1. The van der Waals surface area contributed by atoms with Gasteiger partial charge in [-0.05, 0) is 78.9 Å². The minimum atomic E-state index is -3.27. The molecule has 7 nitrogen and oxygen atoms in total. The fourth-order valence-electron chi connectivity index (χ4n) is 5.07. The van der Waals surface area contributed by atoms with Gasteiger partial charge in [0.1, 0.15) is 11.6 Å². The predicted molar refractivity (Wildman–Crippen MR) is 164 cm³/mol. The highest BCUT2D eigenvalue weighted by molar-refractivity contribution is 7.91. The molecule has 4 aromatic rings. The zero-order valence-electron chi connectivity index (χ0n) is 23.8. The molecule has 0 spiro atoms. The molecule has 0 aliphatic heterocycles. The van der Waals surface area contributed by atoms with E-state index in [1.165, 1.54) is 5.57 Å². The normalized spacial score (nSPS) is 15.9. The van der Waals surface area contributed by atoms with Crippen LogP contribution in [0.4, 0.5) is 5.69 Å². The molecule has 0 saturated heterocycles. The molecule has 1 amide bonds. The fraction of sp³-hybridized carbons (Fsp3) is 0.273. The van der Waals surface area contributed by atoms with Crippen LogP contribution in [0.5, 0.6) is 5.75 Å². The number of carbonyl (C=O) groups is 1. The first kappa shape index (κ1) is 28.4. The van der Waals surface area contributed by atoms with Crippen LogP contribution in [0.15, 0.2) is 95.4 Å². The second-order valence-electron chi connectivity index (χ2n) is 10.5. The second-order valence-corrected chi connectivity index (χ2v) is 12.7. The van der Waals surface area contributed by atoms with Crippen LogP contribution in [0.1, 0.15) is 38.8 Å². The maximum Gasteiger partial charge on any atom is 0.228 e. The van der Waals surface area contributed by atoms with Crippen LogP contribution in [0.3, 0.4) is 0 Å². The van der Waals surface area contributed by atoms with Gasteiger partial charge in [-0.3, -0.25) is 4.79 Å². The van der Waals surface area contributed by atoms with Crippen molar-refractivity contribution in [3.05, 3.63) is 96.1 Å². The molecular weight excluding hydrogens is 534 g/mol. The Bertz CT molecular complexity index is 1730. The number of benzene rings is 3. The number of nitrogens with one attached hydrogen (secondary N) is 1. The lowest BCUT2D eigenvalue weighted by Gasteiger charge is -2.22. The third-order valence-corrected chi connectivity index (χ3v) is 9.31. The Labute approximate surface area is 241 Å². The van der Waals surface area contributed by atoms with E-state index in [1.807, 2.05) is 42.5 Å². The van der Waals surface area contributed by atoms with E-state index in [0.29, 0.717) is 11.6 Å². The number of carbonyl (C=O) groups excluding carboxylic acids is 1.